The number of fused-ring (bicyclic) bond motifs is 1. The molecule has 10 heteroatoms. The molecule has 33 heavy (non-hydrogen) atoms. The van der Waals surface area contributed by atoms with Crippen LogP contribution in [0.4, 0.5) is 5.95 Å². The van der Waals surface area contributed by atoms with E-state index >= 15 is 0 Å². The first kappa shape index (κ1) is 21.1. The maximum atomic E-state index is 6.10. The maximum Gasteiger partial charge on any atom is 0.294 e. The van der Waals surface area contributed by atoms with Crippen LogP contribution in [-0.2, 0) is 6.42 Å². The molecule has 0 aromatic carbocycles. The van der Waals surface area contributed by atoms with Crippen molar-refractivity contribution in [3.05, 3.63) is 66.4 Å². The fourth-order valence-electron chi connectivity index (χ4n) is 3.41. The van der Waals surface area contributed by atoms with E-state index in [1.54, 1.807) is 17.8 Å². The van der Waals surface area contributed by atoms with Gasteiger partial charge in [0, 0.05) is 43.0 Å². The zero-order valence-electron chi connectivity index (χ0n) is 18.5. The molecular weight excluding hydrogens is 438 g/mol. The van der Waals surface area contributed by atoms with E-state index in [2.05, 4.69) is 38.0 Å². The first-order chi connectivity index (χ1) is 16.1. The molecule has 0 amide bonds. The normalized spacial score (nSPS) is 14.4. The van der Waals surface area contributed by atoms with Gasteiger partial charge in [0.15, 0.2) is 0 Å². The van der Waals surface area contributed by atoms with Gasteiger partial charge in [-0.25, -0.2) is 24.5 Å². The average Bonchev–Trinajstić information content (AvgIpc) is 3.43. The van der Waals surface area contributed by atoms with Crippen LogP contribution >= 0.6 is 11.3 Å². The minimum atomic E-state index is -0.147. The molecule has 0 aliphatic carbocycles. The molecule has 168 valence electrons. The van der Waals surface area contributed by atoms with Crippen molar-refractivity contribution >= 4 is 22.2 Å². The highest BCUT2D eigenvalue weighted by molar-refractivity contribution is 7.18. The van der Waals surface area contributed by atoms with Crippen LogP contribution in [0.5, 0.6) is 11.1 Å². The van der Waals surface area contributed by atoms with Crippen LogP contribution in [0.2, 0.25) is 0 Å². The molecule has 4 aromatic heterocycles. The smallest absolute Gasteiger partial charge is 0.294 e. The molecule has 0 unspecified atom stereocenters. The minimum absolute atomic E-state index is 0.147. The fourth-order valence-corrected chi connectivity index (χ4v) is 4.21. The third kappa shape index (κ3) is 4.42. The Morgan fingerprint density at radius 2 is 2.06 bits per heavy atom. The lowest BCUT2D eigenvalue weighted by Crippen LogP contribution is -2.24. The Kier molecular flexibility index (Phi) is 5.74. The topological polar surface area (TPSA) is 90.6 Å². The largest absolute Gasteiger partial charge is 0.481 e. The Morgan fingerprint density at radius 1 is 1.21 bits per heavy atom. The van der Waals surface area contributed by atoms with Gasteiger partial charge in [0.1, 0.15) is 6.10 Å². The molecule has 0 saturated heterocycles. The highest BCUT2D eigenvalue weighted by Gasteiger charge is 2.18. The molecule has 5 heterocycles. The van der Waals surface area contributed by atoms with Gasteiger partial charge in [0.25, 0.3) is 5.19 Å². The van der Waals surface area contributed by atoms with E-state index in [9.17, 15) is 0 Å². The van der Waals surface area contributed by atoms with E-state index in [4.69, 9.17) is 9.47 Å². The van der Waals surface area contributed by atoms with Gasteiger partial charge in [0.05, 0.1) is 19.0 Å². The van der Waals surface area contributed by atoms with Crippen LogP contribution in [0.1, 0.15) is 19.4 Å². The number of aryl methyl sites for hydroxylation is 1. The summed E-state index contributed by atoms with van der Waals surface area (Å²) < 4.78 is 13.0. The van der Waals surface area contributed by atoms with Crippen molar-refractivity contribution < 1.29 is 9.47 Å². The first-order valence-electron chi connectivity index (χ1n) is 10.6. The van der Waals surface area contributed by atoms with Gasteiger partial charge >= 0.3 is 0 Å². The second kappa shape index (κ2) is 8.99. The molecule has 0 fully saturated rings. The number of anilines is 1. The average molecular weight is 462 g/mol. The molecule has 0 radical (unpaired) electrons. The minimum Gasteiger partial charge on any atom is -0.481 e. The van der Waals surface area contributed by atoms with E-state index in [1.165, 1.54) is 11.3 Å². The summed E-state index contributed by atoms with van der Waals surface area (Å²) in [6.45, 7) is 4.79. The Balaban J connectivity index is 1.24. The third-order valence-electron chi connectivity index (χ3n) is 5.34. The monoisotopic (exact) mass is 461 g/mol. The lowest BCUT2D eigenvalue weighted by atomic mass is 10.1. The van der Waals surface area contributed by atoms with Crippen molar-refractivity contribution in [2.75, 3.05) is 18.6 Å². The number of aromatic nitrogens is 6. The Labute approximate surface area is 195 Å². The lowest BCUT2D eigenvalue weighted by Gasteiger charge is -2.23. The quantitative estimate of drug-likeness (QED) is 0.409. The van der Waals surface area contributed by atoms with E-state index < -0.39 is 0 Å². The van der Waals surface area contributed by atoms with Gasteiger partial charge in [-0.15, -0.1) is 5.10 Å². The number of hydrogen-bond donors (Lipinski definition) is 0. The summed E-state index contributed by atoms with van der Waals surface area (Å²) in [7, 11) is 1.59. The van der Waals surface area contributed by atoms with Gasteiger partial charge in [-0.1, -0.05) is 13.0 Å². The summed E-state index contributed by atoms with van der Waals surface area (Å²) >= 11 is 1.41. The van der Waals surface area contributed by atoms with Crippen LogP contribution in [0.25, 0.3) is 16.2 Å². The van der Waals surface area contributed by atoms with Crippen LogP contribution in [0.15, 0.2) is 60.8 Å². The number of nitrogens with zero attached hydrogens (tertiary/aromatic N) is 7. The highest BCUT2D eigenvalue weighted by Crippen LogP contribution is 2.28. The summed E-state index contributed by atoms with van der Waals surface area (Å²) in [4.78, 5) is 20.4. The van der Waals surface area contributed by atoms with Crippen molar-refractivity contribution in [1.29, 1.82) is 0 Å². The second-order valence-electron chi connectivity index (χ2n) is 7.49. The standard InChI is InChI=1S/C23H23N7O2S/c1-4-16-12-25-21(26-13-16)29-9-6-17(7-10-29)15(2)32-23-28-30-14-19(27-22(30)33-23)18-5-8-24-20(11-18)31-3/h5-9,11-15H,4,10H2,1-3H3/t15-/m0/s1. The van der Waals surface area contributed by atoms with Crippen molar-refractivity contribution in [2.45, 2.75) is 26.4 Å². The summed E-state index contributed by atoms with van der Waals surface area (Å²) in [5, 5.41) is 5.11. The Bertz CT molecular complexity index is 1290. The molecule has 1 atom stereocenters. The molecular formula is C23H23N7O2S. The molecule has 0 N–H and O–H groups in total. The van der Waals surface area contributed by atoms with Crippen LogP contribution in [-0.4, -0.2) is 49.3 Å². The van der Waals surface area contributed by atoms with Gasteiger partial charge in [-0.2, -0.15) is 0 Å². The molecule has 9 nitrogen and oxygen atoms in total. The van der Waals surface area contributed by atoms with Crippen molar-refractivity contribution in [3.63, 3.8) is 0 Å². The first-order valence-corrected chi connectivity index (χ1v) is 11.4. The third-order valence-corrected chi connectivity index (χ3v) is 6.15. The summed E-state index contributed by atoms with van der Waals surface area (Å²) in [6, 6.07) is 3.74. The number of ether oxygens (including phenoxy) is 2. The van der Waals surface area contributed by atoms with Crippen LogP contribution in [0.3, 0.4) is 0 Å². The van der Waals surface area contributed by atoms with E-state index in [-0.39, 0.29) is 6.10 Å². The highest BCUT2D eigenvalue weighted by atomic mass is 32.1. The van der Waals surface area contributed by atoms with Gasteiger partial charge in [-0.3, -0.25) is 0 Å². The van der Waals surface area contributed by atoms with E-state index in [0.29, 0.717) is 23.6 Å². The molecule has 0 saturated carbocycles. The molecule has 1 aliphatic heterocycles. The molecule has 1 aliphatic rings. The maximum absolute atomic E-state index is 6.10. The van der Waals surface area contributed by atoms with Crippen LogP contribution in [0, 0.1) is 0 Å². The molecule has 0 spiro atoms. The zero-order chi connectivity index (χ0) is 22.8. The van der Waals surface area contributed by atoms with Gasteiger partial charge in [-0.05, 0) is 48.0 Å². The number of hydrogen-bond acceptors (Lipinski definition) is 9. The van der Waals surface area contributed by atoms with E-state index in [1.807, 2.05) is 54.8 Å². The van der Waals surface area contributed by atoms with Crippen molar-refractivity contribution in [2.24, 2.45) is 0 Å². The lowest BCUT2D eigenvalue weighted by molar-refractivity contribution is 0.256. The summed E-state index contributed by atoms with van der Waals surface area (Å²) in [5.41, 5.74) is 3.93. The summed E-state index contributed by atoms with van der Waals surface area (Å²) in [5.74, 6) is 1.24. The number of pyridine rings is 1. The number of imidazole rings is 1. The Hall–Kier alpha value is -3.79. The predicted molar refractivity (Wildman–Crippen MR) is 127 cm³/mol. The van der Waals surface area contributed by atoms with Gasteiger partial charge in [0.2, 0.25) is 16.8 Å². The fraction of sp³-hybridized carbons (Fsp3) is 0.261. The van der Waals surface area contributed by atoms with Crippen molar-refractivity contribution in [1.82, 2.24) is 29.5 Å². The van der Waals surface area contributed by atoms with Gasteiger partial charge < -0.3 is 14.4 Å². The molecule has 5 rings (SSSR count). The molecule has 4 aromatic rings. The number of rotatable bonds is 7. The van der Waals surface area contributed by atoms with Crippen molar-refractivity contribution in [3.8, 4) is 22.3 Å². The zero-order valence-corrected chi connectivity index (χ0v) is 19.4. The Morgan fingerprint density at radius 3 is 2.76 bits per heavy atom. The predicted octanol–water partition coefficient (Wildman–Crippen LogP) is 3.94. The summed E-state index contributed by atoms with van der Waals surface area (Å²) in [6.07, 6.45) is 14.2. The SMILES string of the molecule is CCc1cnc(N2C=CC([C@H](C)Oc3nn4cc(-c5ccnc(OC)c5)nc4s3)=CC2)nc1. The number of methoxy groups -OCH3 is 1. The second-order valence-corrected chi connectivity index (χ2v) is 8.40. The molecule has 0 bridgehead atoms. The van der Waals surface area contributed by atoms with E-state index in [0.717, 1.165) is 33.8 Å². The van der Waals surface area contributed by atoms with Crippen LogP contribution < -0.4 is 14.4 Å².